The number of nitrogens with zero attached hydrogens (tertiary/aromatic N) is 3. The van der Waals surface area contributed by atoms with Crippen LogP contribution in [0.25, 0.3) is 0 Å². The highest BCUT2D eigenvalue weighted by atomic mass is 32.2. The molecule has 0 aliphatic heterocycles. The minimum atomic E-state index is -4.95. The first-order chi connectivity index (χ1) is 6.82. The Bertz CT molecular complexity index is 374. The predicted molar refractivity (Wildman–Crippen MR) is 54.7 cm³/mol. The van der Waals surface area contributed by atoms with Gasteiger partial charge < -0.3 is 17.5 Å². The van der Waals surface area contributed by atoms with Gasteiger partial charge in [0.15, 0.2) is 5.16 Å². The van der Waals surface area contributed by atoms with Gasteiger partial charge in [0.1, 0.15) is 5.82 Å². The normalized spacial score (nSPS) is 11.8. The Morgan fingerprint density at radius 2 is 2.07 bits per heavy atom. The number of halogens is 3. The summed E-state index contributed by atoms with van der Waals surface area (Å²) in [5.74, 6) is 0.468. The van der Waals surface area contributed by atoms with Gasteiger partial charge in [0.05, 0.1) is 0 Å². The maximum absolute atomic E-state index is 12.2. The highest BCUT2D eigenvalue weighted by Gasteiger charge is 2.26. The first-order valence-electron chi connectivity index (χ1n) is 4.18. The SMILES string of the molecule is C=C(CSc1nnc(C)n1C)[B-](F)(F)F. The lowest BCUT2D eigenvalue weighted by Crippen LogP contribution is -2.20. The summed E-state index contributed by atoms with van der Waals surface area (Å²) in [7, 11) is 1.71. The van der Waals surface area contributed by atoms with Crippen LogP contribution in [0, 0.1) is 6.92 Å². The second-order valence-corrected chi connectivity index (χ2v) is 4.05. The first-order valence-corrected chi connectivity index (χ1v) is 5.17. The van der Waals surface area contributed by atoms with E-state index in [1.807, 2.05) is 0 Å². The van der Waals surface area contributed by atoms with Gasteiger partial charge in [0.2, 0.25) is 0 Å². The molecule has 1 aromatic rings. The van der Waals surface area contributed by atoms with Crippen LogP contribution >= 0.6 is 11.8 Å². The van der Waals surface area contributed by atoms with Crippen molar-refractivity contribution in [2.45, 2.75) is 12.1 Å². The van der Waals surface area contributed by atoms with Crippen molar-refractivity contribution in [2.75, 3.05) is 5.75 Å². The third-order valence-electron chi connectivity index (χ3n) is 1.90. The summed E-state index contributed by atoms with van der Waals surface area (Å²) in [6.45, 7) is -0.209. The maximum atomic E-state index is 12.2. The van der Waals surface area contributed by atoms with E-state index < -0.39 is 12.4 Å². The molecular weight excluding hydrogens is 226 g/mol. The van der Waals surface area contributed by atoms with Crippen LogP contribution in [0.5, 0.6) is 0 Å². The van der Waals surface area contributed by atoms with Gasteiger partial charge in [0, 0.05) is 7.05 Å². The molecule has 84 valence electrons. The number of thioether (sulfide) groups is 1. The van der Waals surface area contributed by atoms with Crippen LogP contribution in [0.4, 0.5) is 12.9 Å². The molecular formula is C7H10BF3N3S-. The fourth-order valence-electron chi connectivity index (χ4n) is 0.765. The molecule has 0 spiro atoms. The van der Waals surface area contributed by atoms with Gasteiger partial charge in [-0.3, -0.25) is 0 Å². The molecule has 0 fully saturated rings. The summed E-state index contributed by atoms with van der Waals surface area (Å²) >= 11 is 0.988. The molecule has 0 N–H and O–H groups in total. The fourth-order valence-corrected chi connectivity index (χ4v) is 1.69. The Kier molecular flexibility index (Phi) is 3.48. The number of aromatic nitrogens is 3. The third-order valence-corrected chi connectivity index (χ3v) is 3.03. The van der Waals surface area contributed by atoms with E-state index in [9.17, 15) is 12.9 Å². The maximum Gasteiger partial charge on any atom is 0.505 e. The zero-order valence-electron chi connectivity index (χ0n) is 8.38. The van der Waals surface area contributed by atoms with Gasteiger partial charge >= 0.3 is 6.98 Å². The van der Waals surface area contributed by atoms with Crippen molar-refractivity contribution in [1.82, 2.24) is 14.8 Å². The van der Waals surface area contributed by atoms with Crippen molar-refractivity contribution in [3.05, 3.63) is 17.9 Å². The molecule has 0 radical (unpaired) electrons. The molecule has 0 atom stereocenters. The number of rotatable bonds is 4. The Morgan fingerprint density at radius 1 is 1.47 bits per heavy atom. The van der Waals surface area contributed by atoms with Gasteiger partial charge in [-0.05, 0) is 12.7 Å². The van der Waals surface area contributed by atoms with E-state index in [1.165, 1.54) is 0 Å². The molecule has 0 saturated carbocycles. The van der Waals surface area contributed by atoms with Gasteiger partial charge in [-0.25, -0.2) is 0 Å². The van der Waals surface area contributed by atoms with Crippen LogP contribution < -0.4 is 0 Å². The molecule has 0 aromatic carbocycles. The number of hydrogen-bond donors (Lipinski definition) is 0. The minimum Gasteiger partial charge on any atom is -0.445 e. The minimum absolute atomic E-state index is 0.199. The van der Waals surface area contributed by atoms with Gasteiger partial charge in [-0.15, -0.1) is 22.2 Å². The Morgan fingerprint density at radius 3 is 2.47 bits per heavy atom. The lowest BCUT2D eigenvalue weighted by molar-refractivity contribution is 0.491. The highest BCUT2D eigenvalue weighted by molar-refractivity contribution is 7.99. The van der Waals surface area contributed by atoms with Crippen molar-refractivity contribution in [3.63, 3.8) is 0 Å². The van der Waals surface area contributed by atoms with E-state index in [0.717, 1.165) is 11.8 Å². The van der Waals surface area contributed by atoms with Gasteiger partial charge in [-0.1, -0.05) is 11.8 Å². The third kappa shape index (κ3) is 3.02. The lowest BCUT2D eigenvalue weighted by atomic mass is 9.82. The molecule has 0 bridgehead atoms. The van der Waals surface area contributed by atoms with Crippen LogP contribution in [0.1, 0.15) is 5.82 Å². The zero-order chi connectivity index (χ0) is 11.6. The Hall–Kier alpha value is -0.915. The average molecular weight is 236 g/mol. The predicted octanol–water partition coefficient (Wildman–Crippen LogP) is 2.16. The quantitative estimate of drug-likeness (QED) is 0.592. The summed E-state index contributed by atoms with van der Waals surface area (Å²) < 4.78 is 38.1. The molecule has 1 aromatic heterocycles. The van der Waals surface area contributed by atoms with E-state index in [1.54, 1.807) is 18.5 Å². The second kappa shape index (κ2) is 4.30. The number of aryl methyl sites for hydroxylation is 1. The van der Waals surface area contributed by atoms with Crippen LogP contribution in [-0.2, 0) is 7.05 Å². The van der Waals surface area contributed by atoms with Crippen LogP contribution in [-0.4, -0.2) is 27.5 Å². The van der Waals surface area contributed by atoms with Gasteiger partial charge in [0.25, 0.3) is 0 Å². The van der Waals surface area contributed by atoms with Crippen LogP contribution in [0.3, 0.4) is 0 Å². The average Bonchev–Trinajstić information content (AvgIpc) is 2.43. The number of hydrogen-bond acceptors (Lipinski definition) is 3. The van der Waals surface area contributed by atoms with Crippen LogP contribution in [0.2, 0.25) is 0 Å². The fraction of sp³-hybridized carbons (Fsp3) is 0.429. The molecule has 1 rings (SSSR count). The first kappa shape index (κ1) is 12.2. The van der Waals surface area contributed by atoms with E-state index >= 15 is 0 Å². The molecule has 15 heavy (non-hydrogen) atoms. The monoisotopic (exact) mass is 236 g/mol. The molecule has 0 saturated heterocycles. The zero-order valence-corrected chi connectivity index (χ0v) is 9.19. The lowest BCUT2D eigenvalue weighted by Gasteiger charge is -2.16. The van der Waals surface area contributed by atoms with Crippen molar-refractivity contribution in [1.29, 1.82) is 0 Å². The topological polar surface area (TPSA) is 30.7 Å². The molecule has 8 heteroatoms. The van der Waals surface area contributed by atoms with Crippen LogP contribution in [0.15, 0.2) is 17.2 Å². The smallest absolute Gasteiger partial charge is 0.445 e. The van der Waals surface area contributed by atoms with E-state index in [-0.39, 0.29) is 5.75 Å². The van der Waals surface area contributed by atoms with E-state index in [0.29, 0.717) is 11.0 Å². The summed E-state index contributed by atoms with van der Waals surface area (Å²) in [5.41, 5.74) is -0.708. The van der Waals surface area contributed by atoms with E-state index in [2.05, 4.69) is 16.8 Å². The largest absolute Gasteiger partial charge is 0.505 e. The Labute approximate surface area is 89.8 Å². The summed E-state index contributed by atoms with van der Waals surface area (Å²) in [4.78, 5) is 0. The second-order valence-electron chi connectivity index (χ2n) is 3.11. The van der Waals surface area contributed by atoms with Crippen molar-refractivity contribution < 1.29 is 12.9 Å². The van der Waals surface area contributed by atoms with Crippen molar-refractivity contribution in [2.24, 2.45) is 7.05 Å². The standard InChI is InChI=1S/C7H10BF3N3S/c1-5(8(9,10)11)4-15-7-13-12-6(2)14(7)3/h1,4H2,2-3H3/q-1. The Balaban J connectivity index is 2.59. The molecule has 1 heterocycles. The van der Waals surface area contributed by atoms with Crippen molar-refractivity contribution in [3.8, 4) is 0 Å². The highest BCUT2D eigenvalue weighted by Crippen LogP contribution is 2.25. The summed E-state index contributed by atoms with van der Waals surface area (Å²) in [6, 6.07) is 0. The van der Waals surface area contributed by atoms with E-state index in [4.69, 9.17) is 0 Å². The molecule has 0 unspecified atom stereocenters. The molecule has 0 amide bonds. The van der Waals surface area contributed by atoms with Crippen molar-refractivity contribution >= 4 is 18.7 Å². The molecule has 0 aliphatic carbocycles. The van der Waals surface area contributed by atoms with Gasteiger partial charge in [-0.2, -0.15) is 0 Å². The summed E-state index contributed by atoms with van der Waals surface area (Å²) in [6.07, 6.45) is 0. The molecule has 0 aliphatic rings. The molecule has 3 nitrogen and oxygen atoms in total. The summed E-state index contributed by atoms with van der Waals surface area (Å²) in [5, 5.41) is 7.95.